The summed E-state index contributed by atoms with van der Waals surface area (Å²) >= 11 is 0. The minimum atomic E-state index is -0.763. The molecular weight excluding hydrogens is 260 g/mol. The van der Waals surface area contributed by atoms with Crippen LogP contribution in [0, 0.1) is 11.8 Å². The van der Waals surface area contributed by atoms with Crippen LogP contribution in [-0.4, -0.2) is 54.9 Å². The van der Waals surface area contributed by atoms with Crippen molar-refractivity contribution < 1.29 is 19.4 Å². The van der Waals surface area contributed by atoms with E-state index in [1.165, 1.54) is 12.8 Å². The molecule has 2 fully saturated rings. The van der Waals surface area contributed by atoms with Gasteiger partial charge >= 0.3 is 12.0 Å². The SMILES string of the molecule is O=C(O)CCC1CCN(C(=O)NCCOCC2CC2)C1. The molecule has 1 aliphatic heterocycles. The second-order valence-electron chi connectivity index (χ2n) is 5.78. The summed E-state index contributed by atoms with van der Waals surface area (Å²) in [5.41, 5.74) is 0. The molecule has 1 saturated heterocycles. The fraction of sp³-hybridized carbons (Fsp3) is 0.857. The number of carboxylic acid groups (broad SMARTS) is 1. The summed E-state index contributed by atoms with van der Waals surface area (Å²) in [7, 11) is 0. The quantitative estimate of drug-likeness (QED) is 0.659. The number of hydrogen-bond acceptors (Lipinski definition) is 3. The fourth-order valence-corrected chi connectivity index (χ4v) is 2.46. The molecule has 2 amide bonds. The Morgan fingerprint density at radius 3 is 2.75 bits per heavy atom. The minimum absolute atomic E-state index is 0.0575. The Hall–Kier alpha value is -1.30. The first-order valence-electron chi connectivity index (χ1n) is 7.47. The van der Waals surface area contributed by atoms with Crippen molar-refractivity contribution in [2.75, 3.05) is 32.8 Å². The third kappa shape index (κ3) is 5.36. The zero-order chi connectivity index (χ0) is 14.4. The molecule has 1 atom stereocenters. The largest absolute Gasteiger partial charge is 0.481 e. The summed E-state index contributed by atoms with van der Waals surface area (Å²) in [6.45, 7) is 3.32. The lowest BCUT2D eigenvalue weighted by Crippen LogP contribution is -2.40. The van der Waals surface area contributed by atoms with E-state index in [0.717, 1.165) is 25.5 Å². The average molecular weight is 284 g/mol. The third-order valence-corrected chi connectivity index (χ3v) is 3.91. The highest BCUT2D eigenvalue weighted by Crippen LogP contribution is 2.28. The van der Waals surface area contributed by atoms with Gasteiger partial charge in [-0.3, -0.25) is 4.79 Å². The van der Waals surface area contributed by atoms with Crippen molar-refractivity contribution in [3.8, 4) is 0 Å². The van der Waals surface area contributed by atoms with Gasteiger partial charge in [0.05, 0.1) is 6.61 Å². The predicted molar refractivity (Wildman–Crippen MR) is 73.5 cm³/mol. The number of carbonyl (C=O) groups is 2. The Morgan fingerprint density at radius 2 is 2.05 bits per heavy atom. The van der Waals surface area contributed by atoms with Crippen LogP contribution in [-0.2, 0) is 9.53 Å². The molecule has 0 aromatic heterocycles. The maximum Gasteiger partial charge on any atom is 0.317 e. The van der Waals surface area contributed by atoms with Gasteiger partial charge in [0, 0.05) is 32.7 Å². The van der Waals surface area contributed by atoms with E-state index in [1.807, 2.05) is 0 Å². The molecule has 0 radical (unpaired) electrons. The number of amides is 2. The van der Waals surface area contributed by atoms with Crippen LogP contribution in [0.25, 0.3) is 0 Å². The minimum Gasteiger partial charge on any atom is -0.481 e. The molecule has 0 aromatic rings. The fourth-order valence-electron chi connectivity index (χ4n) is 2.46. The molecule has 1 unspecified atom stereocenters. The van der Waals surface area contributed by atoms with Crippen LogP contribution in [0.5, 0.6) is 0 Å². The summed E-state index contributed by atoms with van der Waals surface area (Å²) in [5, 5.41) is 11.5. The van der Waals surface area contributed by atoms with Crippen LogP contribution in [0.3, 0.4) is 0 Å². The highest BCUT2D eigenvalue weighted by Gasteiger charge is 2.26. The lowest BCUT2D eigenvalue weighted by Gasteiger charge is -2.17. The van der Waals surface area contributed by atoms with Crippen LogP contribution in [0.2, 0.25) is 0 Å². The Kier molecular flexibility index (Phi) is 5.64. The van der Waals surface area contributed by atoms with Gasteiger partial charge in [0.25, 0.3) is 0 Å². The molecule has 1 heterocycles. The van der Waals surface area contributed by atoms with Crippen LogP contribution in [0.1, 0.15) is 32.1 Å². The number of nitrogens with one attached hydrogen (secondary N) is 1. The summed E-state index contributed by atoms with van der Waals surface area (Å²) in [6.07, 6.45) is 4.30. The number of ether oxygens (including phenoxy) is 1. The molecule has 0 spiro atoms. The van der Waals surface area contributed by atoms with E-state index in [2.05, 4.69) is 5.32 Å². The van der Waals surface area contributed by atoms with Gasteiger partial charge in [-0.25, -0.2) is 4.79 Å². The zero-order valence-electron chi connectivity index (χ0n) is 11.8. The molecule has 0 aromatic carbocycles. The number of urea groups is 1. The van der Waals surface area contributed by atoms with Gasteiger partial charge in [-0.15, -0.1) is 0 Å². The molecule has 0 bridgehead atoms. The van der Waals surface area contributed by atoms with E-state index in [0.29, 0.717) is 32.0 Å². The van der Waals surface area contributed by atoms with Crippen molar-refractivity contribution in [1.29, 1.82) is 0 Å². The first-order chi connectivity index (χ1) is 9.65. The number of carboxylic acids is 1. The monoisotopic (exact) mass is 284 g/mol. The molecule has 2 aliphatic rings. The van der Waals surface area contributed by atoms with Gasteiger partial charge < -0.3 is 20.1 Å². The van der Waals surface area contributed by atoms with Crippen molar-refractivity contribution >= 4 is 12.0 Å². The van der Waals surface area contributed by atoms with Gasteiger partial charge in [-0.2, -0.15) is 0 Å². The Morgan fingerprint density at radius 1 is 1.25 bits per heavy atom. The number of carbonyl (C=O) groups excluding carboxylic acids is 1. The van der Waals surface area contributed by atoms with Crippen molar-refractivity contribution in [1.82, 2.24) is 10.2 Å². The molecule has 6 heteroatoms. The number of rotatable bonds is 8. The van der Waals surface area contributed by atoms with E-state index in [9.17, 15) is 9.59 Å². The average Bonchev–Trinajstić information content (AvgIpc) is 3.11. The summed E-state index contributed by atoms with van der Waals surface area (Å²) in [4.78, 5) is 24.2. The summed E-state index contributed by atoms with van der Waals surface area (Å²) in [6, 6.07) is -0.0575. The number of likely N-dealkylation sites (tertiary alicyclic amines) is 1. The second-order valence-corrected chi connectivity index (χ2v) is 5.78. The first kappa shape index (κ1) is 15.1. The molecule has 1 saturated carbocycles. The smallest absolute Gasteiger partial charge is 0.317 e. The van der Waals surface area contributed by atoms with Crippen molar-refractivity contribution in [3.63, 3.8) is 0 Å². The molecule has 20 heavy (non-hydrogen) atoms. The standard InChI is InChI=1S/C14H24N2O4/c17-13(18)4-3-11-5-7-16(9-11)14(19)15-6-8-20-10-12-1-2-12/h11-12H,1-10H2,(H,15,19)(H,17,18). The predicted octanol–water partition coefficient (Wildman–Crippen LogP) is 1.31. The van der Waals surface area contributed by atoms with Gasteiger partial charge in [0.15, 0.2) is 0 Å². The highest BCUT2D eigenvalue weighted by atomic mass is 16.5. The maximum atomic E-state index is 11.9. The molecule has 1 aliphatic carbocycles. The Labute approximate surface area is 119 Å². The van der Waals surface area contributed by atoms with Gasteiger partial charge in [0.1, 0.15) is 0 Å². The van der Waals surface area contributed by atoms with Crippen molar-refractivity contribution in [2.24, 2.45) is 11.8 Å². The second kappa shape index (κ2) is 7.47. The molecule has 2 rings (SSSR count). The van der Waals surface area contributed by atoms with Crippen molar-refractivity contribution in [3.05, 3.63) is 0 Å². The zero-order valence-corrected chi connectivity index (χ0v) is 11.8. The molecule has 2 N–H and O–H groups in total. The van der Waals surface area contributed by atoms with E-state index >= 15 is 0 Å². The van der Waals surface area contributed by atoms with E-state index in [4.69, 9.17) is 9.84 Å². The summed E-state index contributed by atoms with van der Waals surface area (Å²) in [5.74, 6) is 0.308. The highest BCUT2D eigenvalue weighted by molar-refractivity contribution is 5.74. The molecular formula is C14H24N2O4. The van der Waals surface area contributed by atoms with Gasteiger partial charge in [-0.05, 0) is 37.5 Å². The van der Waals surface area contributed by atoms with Gasteiger partial charge in [0.2, 0.25) is 0 Å². The van der Waals surface area contributed by atoms with Crippen LogP contribution in [0.4, 0.5) is 4.79 Å². The Balaban J connectivity index is 1.52. The Bertz CT molecular complexity index is 344. The van der Waals surface area contributed by atoms with E-state index < -0.39 is 5.97 Å². The molecule has 114 valence electrons. The number of hydrogen-bond donors (Lipinski definition) is 2. The molecule has 6 nitrogen and oxygen atoms in total. The third-order valence-electron chi connectivity index (χ3n) is 3.91. The normalized spacial score (nSPS) is 22.0. The number of nitrogens with zero attached hydrogens (tertiary/aromatic N) is 1. The van der Waals surface area contributed by atoms with E-state index in [1.54, 1.807) is 4.90 Å². The van der Waals surface area contributed by atoms with E-state index in [-0.39, 0.29) is 12.5 Å². The topological polar surface area (TPSA) is 78.9 Å². The lowest BCUT2D eigenvalue weighted by atomic mass is 10.0. The van der Waals surface area contributed by atoms with Crippen LogP contribution >= 0.6 is 0 Å². The number of aliphatic carboxylic acids is 1. The van der Waals surface area contributed by atoms with Crippen LogP contribution in [0.15, 0.2) is 0 Å². The van der Waals surface area contributed by atoms with Crippen LogP contribution < -0.4 is 5.32 Å². The lowest BCUT2D eigenvalue weighted by molar-refractivity contribution is -0.137. The summed E-state index contributed by atoms with van der Waals surface area (Å²) < 4.78 is 5.46. The maximum absolute atomic E-state index is 11.9. The van der Waals surface area contributed by atoms with Gasteiger partial charge in [-0.1, -0.05) is 0 Å². The first-order valence-corrected chi connectivity index (χ1v) is 7.47. The van der Waals surface area contributed by atoms with Crippen molar-refractivity contribution in [2.45, 2.75) is 32.1 Å².